The molecule has 0 fully saturated rings. The summed E-state index contributed by atoms with van der Waals surface area (Å²) in [5, 5.41) is 41.8. The third kappa shape index (κ3) is 738. The van der Waals surface area contributed by atoms with Crippen LogP contribution in [0.3, 0.4) is 0 Å². The first-order valence-corrected chi connectivity index (χ1v) is 6.00. The first-order chi connectivity index (χ1) is 8.93. The predicted octanol–water partition coefficient (Wildman–Crippen LogP) is -36.2. The van der Waals surface area contributed by atoms with E-state index >= 15 is 0 Å². The predicted molar refractivity (Wildman–Crippen MR) is 70.4 cm³/mol. The third-order valence-electron chi connectivity index (χ3n) is 0. The maximum absolute atomic E-state index is 8.74. The molecule has 0 aromatic carbocycles. The van der Waals surface area contributed by atoms with Crippen LogP contribution in [0.5, 0.6) is 0 Å². The second-order valence-electron chi connectivity index (χ2n) is 1.58. The molecule has 0 aromatic rings. The number of carboxylic acid groups (broad SMARTS) is 6. The Morgan fingerprint density at radius 3 is 0.485 bits per heavy atom. The molecule has 0 atom stereocenters. The summed E-state index contributed by atoms with van der Waals surface area (Å²) in [6.45, 7) is 0. The van der Waals surface area contributed by atoms with Crippen molar-refractivity contribution in [2.24, 2.45) is 0 Å². The second kappa shape index (κ2) is 90.0. The van der Waals surface area contributed by atoms with Gasteiger partial charge in [-0.25, -0.2) is 14.4 Å². The summed E-state index contributed by atoms with van der Waals surface area (Å²) in [7, 11) is -7.80. The van der Waals surface area contributed by atoms with Gasteiger partial charge in [0.25, 0.3) is 0 Å². The van der Waals surface area contributed by atoms with Gasteiger partial charge in [-0.15, -0.1) is 0 Å². The summed E-state index contributed by atoms with van der Waals surface area (Å²) < 4.78 is 40.3. The van der Waals surface area contributed by atoms with Gasteiger partial charge in [-0.3, -0.25) is 13.6 Å². The van der Waals surface area contributed by atoms with E-state index in [1.54, 1.807) is 0 Å². The van der Waals surface area contributed by atoms with Crippen molar-refractivity contribution in [2.75, 3.05) is 0 Å². The van der Waals surface area contributed by atoms with E-state index in [0.717, 1.165) is 0 Å². The van der Waals surface area contributed by atoms with Crippen LogP contribution in [-0.4, -0.2) is 85.4 Å². The molecule has 10 N–H and O–H groups in total. The van der Waals surface area contributed by atoms with Gasteiger partial charge in [0.05, 0.1) is 0 Å². The van der Waals surface area contributed by atoms with Crippen LogP contribution in [0.2, 0.25) is 0 Å². The number of hydrogen-bond acceptors (Lipinski definition) is 6. The fourth-order valence-corrected chi connectivity index (χ4v) is 0. The van der Waals surface area contributed by atoms with Crippen LogP contribution in [0.1, 0.15) is 17.1 Å². The monoisotopic (exact) mass is 650 g/mol. The zero-order valence-electron chi connectivity index (χ0n) is 33.3. The van der Waals surface area contributed by atoms with E-state index in [4.69, 9.17) is 76.6 Å². The molecule has 33 heavy (non-hydrogen) atoms. The van der Waals surface area contributed by atoms with Crippen LogP contribution in [0.25, 0.3) is 0 Å². The summed E-state index contributed by atoms with van der Waals surface area (Å²) in [6.07, 6.45) is -5.50. The smallest absolute Gasteiger partial charge is 1.00 e. The maximum Gasteiger partial charge on any atom is 1.00 e. The van der Waals surface area contributed by atoms with Gasteiger partial charge in [-0.1, -0.05) is 0 Å². The Morgan fingerprint density at radius 1 is 0.485 bits per heavy atom. The molecule has 30 heteroatoms. The first-order valence-electron chi connectivity index (χ1n) is 3.30. The first kappa shape index (κ1) is 113. The average molecular weight is 650 g/mol. The maximum atomic E-state index is 8.74. The van der Waals surface area contributed by atoms with E-state index in [1.165, 1.54) is 0 Å². The van der Waals surface area contributed by atoms with Crippen LogP contribution < -0.4 is 355 Å². The van der Waals surface area contributed by atoms with Crippen molar-refractivity contribution < 1.29 is 448 Å². The minimum absolute atomic E-state index is 0. The fraction of sp³-hybridized carbons (Fsp3) is 0. The molecule has 0 spiro atoms. The van der Waals surface area contributed by atoms with Crippen molar-refractivity contribution >= 4 is 38.0 Å². The molecule has 0 unspecified atom stereocenters. The molecule has 0 aromatic heterocycles. The molecule has 0 heterocycles. The molecule has 0 amide bonds. The van der Waals surface area contributed by atoms with E-state index in [2.05, 4.69) is 0 Å². The molecule has 152 valence electrons. The summed E-state index contributed by atoms with van der Waals surface area (Å²) >= 11 is 0. The standard InChI is InChI=1S/3CH2O3.12Na.H2O4S.H2O3Si.12H/c3*2-1(3)4;;;;;;;;;;;;;1-5(2,3)4;1-4(2)3;;;;;;;;;;;;/h3*(H2,2,3,4);;;;;;;;;;;;;(H2,1,2,3,4);1-2H;;;;;;;;;;;;/q;;;12*+1;;;12*-1. The van der Waals surface area contributed by atoms with Crippen LogP contribution in [0, 0.1) is 0 Å². The van der Waals surface area contributed by atoms with Crippen molar-refractivity contribution in [1.29, 1.82) is 0 Å². The molecule has 0 bridgehead atoms. The Morgan fingerprint density at radius 2 is 0.485 bits per heavy atom. The Kier molecular flexibility index (Phi) is 307. The van der Waals surface area contributed by atoms with Gasteiger partial charge >= 0.3 is 393 Å². The summed E-state index contributed by atoms with van der Waals surface area (Å²) in [5.41, 5.74) is 0. The van der Waals surface area contributed by atoms with Crippen LogP contribution in [0.4, 0.5) is 14.4 Å². The molecule has 0 aliphatic heterocycles. The van der Waals surface area contributed by atoms with Crippen LogP contribution >= 0.6 is 0 Å². The van der Waals surface area contributed by atoms with E-state index in [0.29, 0.717) is 0 Å². The van der Waals surface area contributed by atoms with Crippen LogP contribution in [-0.2, 0) is 14.9 Å². The van der Waals surface area contributed by atoms with Crippen LogP contribution in [0.15, 0.2) is 0 Å². The van der Waals surface area contributed by atoms with Gasteiger partial charge in [-0.2, -0.15) is 8.42 Å². The fourth-order valence-electron chi connectivity index (χ4n) is 0. The summed E-state index contributed by atoms with van der Waals surface area (Å²) in [5.74, 6) is 0. The zero-order valence-corrected chi connectivity index (χ0v) is 47.1. The molecular weight excluding hydrogens is 628 g/mol. The molecule has 16 nitrogen and oxygen atoms in total. The van der Waals surface area contributed by atoms with E-state index in [1.807, 2.05) is 0 Å². The zero-order chi connectivity index (χ0) is 18.8. The Bertz CT molecular complexity index is 391. The molecule has 0 saturated carbocycles. The number of hydrogen-bond donors (Lipinski definition) is 10. The minimum Gasteiger partial charge on any atom is -1.00 e. The molecular formula is C3H22Na12O16SSi. The van der Waals surface area contributed by atoms with Gasteiger partial charge in [0.1, 0.15) is 0 Å². The molecule has 0 radical (unpaired) electrons. The van der Waals surface area contributed by atoms with E-state index in [9.17, 15) is 0 Å². The van der Waals surface area contributed by atoms with E-state index < -0.39 is 38.0 Å². The van der Waals surface area contributed by atoms with Gasteiger partial charge in [0, 0.05) is 0 Å². The van der Waals surface area contributed by atoms with Crippen molar-refractivity contribution in [2.45, 2.75) is 0 Å². The Hall–Kier alpha value is 9.30. The normalized spacial score (nSPS) is 4.67. The second-order valence-corrected chi connectivity index (χ2v) is 3.04. The Balaban J connectivity index is -0.00000000233. The van der Waals surface area contributed by atoms with Gasteiger partial charge in [0.2, 0.25) is 0 Å². The van der Waals surface area contributed by atoms with Crippen molar-refractivity contribution in [3.8, 4) is 0 Å². The molecule has 0 aliphatic rings. The van der Waals surface area contributed by atoms with Gasteiger partial charge in [0.15, 0.2) is 0 Å². The Labute approximate surface area is 474 Å². The van der Waals surface area contributed by atoms with Crippen molar-refractivity contribution in [3.05, 3.63) is 0 Å². The number of rotatable bonds is 0. The molecule has 0 rings (SSSR count). The minimum atomic E-state index is -4.67. The molecule has 0 aliphatic carbocycles. The van der Waals surface area contributed by atoms with Gasteiger partial charge < -0.3 is 57.4 Å². The summed E-state index contributed by atoms with van der Waals surface area (Å²) in [4.78, 5) is 40.0. The summed E-state index contributed by atoms with van der Waals surface area (Å²) in [6, 6.07) is 0. The average Bonchev–Trinajstić information content (AvgIpc) is 1.91. The number of carbonyl (C=O) groups is 3. The topological polar surface area (TPSA) is 305 Å². The third-order valence-corrected chi connectivity index (χ3v) is 0. The molecule has 0 saturated heterocycles. The van der Waals surface area contributed by atoms with Gasteiger partial charge in [-0.05, 0) is 0 Å². The largest absolute Gasteiger partial charge is 1.00 e. The van der Waals surface area contributed by atoms with Crippen molar-refractivity contribution in [3.63, 3.8) is 0 Å². The van der Waals surface area contributed by atoms with Crippen molar-refractivity contribution in [1.82, 2.24) is 0 Å². The quantitative estimate of drug-likeness (QED) is 0.0860. The van der Waals surface area contributed by atoms with E-state index in [-0.39, 0.29) is 372 Å². The SMILES string of the molecule is O=C(O)O.O=C(O)O.O=C(O)O.O=S(=O)(O)O.O=[Si](O)O.[H-].[H-].[H-].[H-].[H-].[H-].[H-].[H-].[H-].[H-].[H-].[H-].[Na+].[Na+].[Na+].[Na+].[Na+].[Na+].[Na+].[Na+].[Na+].[Na+].[Na+].[Na+].